The van der Waals surface area contributed by atoms with Gasteiger partial charge < -0.3 is 5.73 Å². The van der Waals surface area contributed by atoms with Crippen LogP contribution in [-0.2, 0) is 0 Å². The standard InChI is InChI=1S/C14H22N4/c1-10-16-7-6-13(17-10)14-11(9-15)3-2-8-18(14)12-4-5-12/h6-7,11-12,14H,2-5,8-9,15H2,1H3. The summed E-state index contributed by atoms with van der Waals surface area (Å²) >= 11 is 0. The molecular formula is C14H22N4. The van der Waals surface area contributed by atoms with Crippen molar-refractivity contribution in [3.8, 4) is 0 Å². The molecule has 4 heteroatoms. The lowest BCUT2D eigenvalue weighted by Crippen LogP contribution is -2.43. The van der Waals surface area contributed by atoms with Crippen LogP contribution in [0.15, 0.2) is 12.3 Å². The second kappa shape index (κ2) is 4.94. The highest BCUT2D eigenvalue weighted by molar-refractivity contribution is 5.12. The lowest BCUT2D eigenvalue weighted by molar-refractivity contribution is 0.0848. The summed E-state index contributed by atoms with van der Waals surface area (Å²) in [6, 6.07) is 3.26. The van der Waals surface area contributed by atoms with Gasteiger partial charge in [0, 0.05) is 12.2 Å². The third-order valence-electron chi connectivity index (χ3n) is 4.21. The van der Waals surface area contributed by atoms with Crippen LogP contribution in [0.4, 0.5) is 0 Å². The minimum Gasteiger partial charge on any atom is -0.330 e. The molecule has 0 amide bonds. The van der Waals surface area contributed by atoms with E-state index in [-0.39, 0.29) is 0 Å². The summed E-state index contributed by atoms with van der Waals surface area (Å²) in [4.78, 5) is 11.5. The van der Waals surface area contributed by atoms with Crippen LogP contribution in [0.5, 0.6) is 0 Å². The number of nitrogens with two attached hydrogens (primary N) is 1. The van der Waals surface area contributed by atoms with Gasteiger partial charge in [-0.25, -0.2) is 9.97 Å². The van der Waals surface area contributed by atoms with Gasteiger partial charge in [0.05, 0.1) is 11.7 Å². The van der Waals surface area contributed by atoms with Crippen molar-refractivity contribution < 1.29 is 0 Å². The molecule has 0 aromatic carbocycles. The number of aromatic nitrogens is 2. The Hall–Kier alpha value is -1.00. The topological polar surface area (TPSA) is 55.0 Å². The second-order valence-corrected chi connectivity index (χ2v) is 5.58. The molecule has 3 rings (SSSR count). The molecular weight excluding hydrogens is 224 g/mol. The summed E-state index contributed by atoms with van der Waals surface area (Å²) in [5.74, 6) is 1.42. The molecule has 2 N–H and O–H groups in total. The Balaban J connectivity index is 1.91. The van der Waals surface area contributed by atoms with Gasteiger partial charge in [-0.05, 0) is 57.7 Å². The average Bonchev–Trinajstić information content (AvgIpc) is 3.22. The van der Waals surface area contributed by atoms with Gasteiger partial charge in [0.2, 0.25) is 0 Å². The Morgan fingerprint density at radius 2 is 2.22 bits per heavy atom. The van der Waals surface area contributed by atoms with Crippen molar-refractivity contribution >= 4 is 0 Å². The maximum absolute atomic E-state index is 5.98. The number of nitrogens with zero attached hydrogens (tertiary/aromatic N) is 3. The summed E-state index contributed by atoms with van der Waals surface area (Å²) < 4.78 is 0. The maximum Gasteiger partial charge on any atom is 0.125 e. The van der Waals surface area contributed by atoms with Crippen molar-refractivity contribution in [2.75, 3.05) is 13.1 Å². The van der Waals surface area contributed by atoms with E-state index in [0.717, 1.165) is 18.4 Å². The zero-order valence-corrected chi connectivity index (χ0v) is 11.0. The predicted octanol–water partition coefficient (Wildman–Crippen LogP) is 1.66. The van der Waals surface area contributed by atoms with Crippen LogP contribution in [0.3, 0.4) is 0 Å². The smallest absolute Gasteiger partial charge is 0.125 e. The van der Waals surface area contributed by atoms with Crippen molar-refractivity contribution in [1.82, 2.24) is 14.9 Å². The van der Waals surface area contributed by atoms with E-state index in [9.17, 15) is 0 Å². The van der Waals surface area contributed by atoms with Gasteiger partial charge in [0.15, 0.2) is 0 Å². The van der Waals surface area contributed by atoms with Gasteiger partial charge in [0.1, 0.15) is 5.82 Å². The third-order valence-corrected chi connectivity index (χ3v) is 4.21. The lowest BCUT2D eigenvalue weighted by Gasteiger charge is -2.41. The Morgan fingerprint density at radius 3 is 2.89 bits per heavy atom. The van der Waals surface area contributed by atoms with Gasteiger partial charge in [-0.3, -0.25) is 4.90 Å². The van der Waals surface area contributed by atoms with E-state index in [1.54, 1.807) is 0 Å². The van der Waals surface area contributed by atoms with Crippen LogP contribution in [0, 0.1) is 12.8 Å². The van der Waals surface area contributed by atoms with Gasteiger partial charge in [-0.1, -0.05) is 0 Å². The van der Waals surface area contributed by atoms with Crippen LogP contribution in [0.2, 0.25) is 0 Å². The number of likely N-dealkylation sites (tertiary alicyclic amines) is 1. The summed E-state index contributed by atoms with van der Waals surface area (Å²) in [6.45, 7) is 3.93. The molecule has 2 fully saturated rings. The molecule has 1 saturated carbocycles. The van der Waals surface area contributed by atoms with Crippen LogP contribution in [-0.4, -0.2) is 34.0 Å². The van der Waals surface area contributed by atoms with E-state index >= 15 is 0 Å². The molecule has 1 aromatic rings. The first-order chi connectivity index (χ1) is 8.79. The minimum atomic E-state index is 0.415. The Bertz CT molecular complexity index is 416. The zero-order chi connectivity index (χ0) is 12.5. The maximum atomic E-state index is 5.98. The first-order valence-electron chi connectivity index (χ1n) is 7.05. The van der Waals surface area contributed by atoms with Gasteiger partial charge in [-0.15, -0.1) is 0 Å². The molecule has 98 valence electrons. The first-order valence-corrected chi connectivity index (χ1v) is 7.05. The highest BCUT2D eigenvalue weighted by Crippen LogP contribution is 2.41. The fourth-order valence-electron chi connectivity index (χ4n) is 3.22. The number of piperidine rings is 1. The minimum absolute atomic E-state index is 0.415. The number of rotatable bonds is 3. The van der Waals surface area contributed by atoms with Crippen molar-refractivity contribution in [1.29, 1.82) is 0 Å². The molecule has 2 heterocycles. The fraction of sp³-hybridized carbons (Fsp3) is 0.714. The van der Waals surface area contributed by atoms with E-state index < -0.39 is 0 Å². The highest BCUT2D eigenvalue weighted by atomic mass is 15.2. The molecule has 1 aliphatic heterocycles. The summed E-state index contributed by atoms with van der Waals surface area (Å²) in [5.41, 5.74) is 7.15. The van der Waals surface area contributed by atoms with E-state index in [1.165, 1.54) is 37.9 Å². The number of hydrogen-bond donors (Lipinski definition) is 1. The molecule has 2 unspecified atom stereocenters. The number of aryl methyl sites for hydroxylation is 1. The molecule has 1 aromatic heterocycles. The lowest BCUT2D eigenvalue weighted by atomic mass is 9.86. The van der Waals surface area contributed by atoms with E-state index in [2.05, 4.69) is 20.9 Å². The highest BCUT2D eigenvalue weighted by Gasteiger charge is 2.40. The molecule has 2 atom stereocenters. The fourth-order valence-corrected chi connectivity index (χ4v) is 3.22. The second-order valence-electron chi connectivity index (χ2n) is 5.58. The molecule has 2 aliphatic rings. The first kappa shape index (κ1) is 12.1. The molecule has 0 bridgehead atoms. The quantitative estimate of drug-likeness (QED) is 0.881. The molecule has 1 saturated heterocycles. The Kier molecular flexibility index (Phi) is 3.31. The third kappa shape index (κ3) is 2.27. The number of hydrogen-bond acceptors (Lipinski definition) is 4. The van der Waals surface area contributed by atoms with E-state index in [1.807, 2.05) is 13.1 Å². The summed E-state index contributed by atoms with van der Waals surface area (Å²) in [7, 11) is 0. The Morgan fingerprint density at radius 1 is 1.39 bits per heavy atom. The van der Waals surface area contributed by atoms with Crippen molar-refractivity contribution in [2.45, 2.75) is 44.7 Å². The Labute approximate surface area is 109 Å². The monoisotopic (exact) mass is 246 g/mol. The zero-order valence-electron chi connectivity index (χ0n) is 11.0. The molecule has 1 aliphatic carbocycles. The van der Waals surface area contributed by atoms with Crippen molar-refractivity contribution in [3.63, 3.8) is 0 Å². The van der Waals surface area contributed by atoms with E-state index in [4.69, 9.17) is 5.73 Å². The normalized spacial score (nSPS) is 29.4. The van der Waals surface area contributed by atoms with Crippen LogP contribution in [0.25, 0.3) is 0 Å². The average molecular weight is 246 g/mol. The van der Waals surface area contributed by atoms with Crippen LogP contribution in [0.1, 0.15) is 43.2 Å². The summed E-state index contributed by atoms with van der Waals surface area (Å²) in [5, 5.41) is 0. The van der Waals surface area contributed by atoms with Crippen LogP contribution >= 0.6 is 0 Å². The predicted molar refractivity (Wildman–Crippen MR) is 71.0 cm³/mol. The van der Waals surface area contributed by atoms with Gasteiger partial charge in [0.25, 0.3) is 0 Å². The molecule has 18 heavy (non-hydrogen) atoms. The summed E-state index contributed by atoms with van der Waals surface area (Å²) in [6.07, 6.45) is 7.08. The van der Waals surface area contributed by atoms with Crippen molar-refractivity contribution in [3.05, 3.63) is 23.8 Å². The largest absolute Gasteiger partial charge is 0.330 e. The van der Waals surface area contributed by atoms with Crippen molar-refractivity contribution in [2.24, 2.45) is 11.7 Å². The molecule has 4 nitrogen and oxygen atoms in total. The van der Waals surface area contributed by atoms with Gasteiger partial charge >= 0.3 is 0 Å². The van der Waals surface area contributed by atoms with E-state index in [0.29, 0.717) is 12.0 Å². The van der Waals surface area contributed by atoms with Crippen LogP contribution < -0.4 is 5.73 Å². The SMILES string of the molecule is Cc1nccc(C2C(CN)CCCN2C2CC2)n1. The van der Waals surface area contributed by atoms with Gasteiger partial charge in [-0.2, -0.15) is 0 Å². The molecule has 0 radical (unpaired) electrons. The molecule has 0 spiro atoms.